The summed E-state index contributed by atoms with van der Waals surface area (Å²) < 4.78 is 0. The molecule has 27 heavy (non-hydrogen) atoms. The van der Waals surface area contributed by atoms with Crippen molar-refractivity contribution >= 4 is 23.5 Å². The minimum absolute atomic E-state index is 0.0371. The van der Waals surface area contributed by atoms with Crippen LogP contribution in [0.5, 0.6) is 0 Å². The zero-order chi connectivity index (χ0) is 19.4. The molecule has 1 saturated carbocycles. The lowest BCUT2D eigenvalue weighted by molar-refractivity contribution is -0.137. The average molecular weight is 372 g/mol. The van der Waals surface area contributed by atoms with E-state index in [1.165, 1.54) is 5.56 Å². The lowest BCUT2D eigenvalue weighted by Crippen LogP contribution is -2.47. The van der Waals surface area contributed by atoms with Crippen molar-refractivity contribution < 1.29 is 19.5 Å². The van der Waals surface area contributed by atoms with Crippen molar-refractivity contribution in [3.8, 4) is 0 Å². The Morgan fingerprint density at radius 1 is 1.15 bits per heavy atom. The van der Waals surface area contributed by atoms with E-state index in [0.717, 1.165) is 31.4 Å². The Labute approximate surface area is 159 Å². The smallest absolute Gasteiger partial charge is 0.303 e. The summed E-state index contributed by atoms with van der Waals surface area (Å²) in [6.45, 7) is 2.40. The lowest BCUT2D eigenvalue weighted by atomic mass is 9.77. The summed E-state index contributed by atoms with van der Waals surface area (Å²) in [5, 5.41) is 11.5. The molecule has 1 aromatic carbocycles. The molecule has 0 spiro atoms. The number of hydrogen-bond acceptors (Lipinski definition) is 3. The molecule has 0 radical (unpaired) electrons. The second-order valence-electron chi connectivity index (χ2n) is 7.68. The van der Waals surface area contributed by atoms with E-state index >= 15 is 0 Å². The summed E-state index contributed by atoms with van der Waals surface area (Å²) in [4.78, 5) is 38.5. The number of benzene rings is 1. The number of nitrogens with one attached hydrogen (secondary N) is 1. The van der Waals surface area contributed by atoms with Crippen molar-refractivity contribution in [2.75, 3.05) is 11.4 Å². The standard InChI is InChI=1S/C21H28N2O4/c1-14-13-15-7-2-5-10-18(15)23(14)21(27)17-9-4-3-8-16(17)20(26)22-12-6-11-19(24)25/h2,5,7,10,14,16-17H,3-4,6,8-9,11-13H2,1H3,(H,22,26)(H,24,25). The number of rotatable bonds is 6. The van der Waals surface area contributed by atoms with Crippen LogP contribution in [0.15, 0.2) is 24.3 Å². The number of nitrogens with zero attached hydrogens (tertiary/aromatic N) is 1. The molecule has 1 aliphatic carbocycles. The second kappa shape index (κ2) is 8.55. The molecule has 1 heterocycles. The Hall–Kier alpha value is -2.37. The largest absolute Gasteiger partial charge is 0.481 e. The molecule has 2 amide bonds. The van der Waals surface area contributed by atoms with Gasteiger partial charge < -0.3 is 15.3 Å². The number of anilines is 1. The summed E-state index contributed by atoms with van der Waals surface area (Å²) in [6, 6.07) is 8.10. The molecule has 0 bridgehead atoms. The molecule has 1 fully saturated rings. The van der Waals surface area contributed by atoms with Crippen LogP contribution >= 0.6 is 0 Å². The van der Waals surface area contributed by atoms with Gasteiger partial charge in [-0.2, -0.15) is 0 Å². The van der Waals surface area contributed by atoms with Gasteiger partial charge in [-0.3, -0.25) is 14.4 Å². The first-order chi connectivity index (χ1) is 13.0. The molecule has 6 nitrogen and oxygen atoms in total. The predicted molar refractivity (Wildman–Crippen MR) is 102 cm³/mol. The molecule has 2 N–H and O–H groups in total. The monoisotopic (exact) mass is 372 g/mol. The fourth-order valence-corrected chi connectivity index (χ4v) is 4.40. The van der Waals surface area contributed by atoms with Crippen molar-refractivity contribution in [2.45, 2.75) is 57.9 Å². The quantitative estimate of drug-likeness (QED) is 0.752. The number of carbonyl (C=O) groups is 3. The first-order valence-corrected chi connectivity index (χ1v) is 9.89. The van der Waals surface area contributed by atoms with Gasteiger partial charge in [0, 0.05) is 30.6 Å². The van der Waals surface area contributed by atoms with E-state index < -0.39 is 5.97 Å². The van der Waals surface area contributed by atoms with E-state index in [0.29, 0.717) is 19.4 Å². The predicted octanol–water partition coefficient (Wildman–Crippen LogP) is 2.75. The molecule has 3 rings (SSSR count). The van der Waals surface area contributed by atoms with Crippen LogP contribution in [0.25, 0.3) is 0 Å². The molecule has 2 aliphatic rings. The lowest BCUT2D eigenvalue weighted by Gasteiger charge is -2.34. The van der Waals surface area contributed by atoms with Gasteiger partial charge in [0.25, 0.3) is 0 Å². The third-order valence-corrected chi connectivity index (χ3v) is 5.73. The van der Waals surface area contributed by atoms with Crippen LogP contribution < -0.4 is 10.2 Å². The number of fused-ring (bicyclic) bond motifs is 1. The van der Waals surface area contributed by atoms with Gasteiger partial charge in [0.15, 0.2) is 0 Å². The van der Waals surface area contributed by atoms with E-state index in [-0.39, 0.29) is 36.1 Å². The SMILES string of the molecule is CC1Cc2ccccc2N1C(=O)C1CCCCC1C(=O)NCCCC(=O)O. The van der Waals surface area contributed by atoms with Crippen molar-refractivity contribution in [2.24, 2.45) is 11.8 Å². The Kier molecular flexibility index (Phi) is 6.14. The molecule has 1 aliphatic heterocycles. The van der Waals surface area contributed by atoms with Crippen molar-refractivity contribution in [1.82, 2.24) is 5.32 Å². The third-order valence-electron chi connectivity index (χ3n) is 5.73. The first kappa shape index (κ1) is 19.4. The summed E-state index contributed by atoms with van der Waals surface area (Å²) in [5.41, 5.74) is 2.16. The zero-order valence-corrected chi connectivity index (χ0v) is 15.8. The molecule has 6 heteroatoms. The average Bonchev–Trinajstić information content (AvgIpc) is 3.00. The number of hydrogen-bond donors (Lipinski definition) is 2. The van der Waals surface area contributed by atoms with E-state index in [4.69, 9.17) is 5.11 Å². The normalized spacial score (nSPS) is 24.3. The van der Waals surface area contributed by atoms with Crippen molar-refractivity contribution in [1.29, 1.82) is 0 Å². The molecule has 0 aromatic heterocycles. The van der Waals surface area contributed by atoms with Gasteiger partial charge in [-0.15, -0.1) is 0 Å². The number of carboxylic acids is 1. The maximum atomic E-state index is 13.4. The Morgan fingerprint density at radius 3 is 2.59 bits per heavy atom. The Balaban J connectivity index is 1.69. The molecule has 3 unspecified atom stereocenters. The van der Waals surface area contributed by atoms with Gasteiger partial charge in [0.1, 0.15) is 0 Å². The van der Waals surface area contributed by atoms with Gasteiger partial charge >= 0.3 is 5.97 Å². The highest BCUT2D eigenvalue weighted by atomic mass is 16.4. The highest BCUT2D eigenvalue weighted by Crippen LogP contribution is 2.38. The number of carboxylic acid groups (broad SMARTS) is 1. The van der Waals surface area contributed by atoms with Crippen molar-refractivity contribution in [3.63, 3.8) is 0 Å². The molecular formula is C21H28N2O4. The fraction of sp³-hybridized carbons (Fsp3) is 0.571. The maximum absolute atomic E-state index is 13.4. The van der Waals surface area contributed by atoms with E-state index in [2.05, 4.69) is 18.3 Å². The first-order valence-electron chi connectivity index (χ1n) is 9.89. The van der Waals surface area contributed by atoms with Crippen LogP contribution in [0.4, 0.5) is 5.69 Å². The van der Waals surface area contributed by atoms with Crippen molar-refractivity contribution in [3.05, 3.63) is 29.8 Å². The summed E-state index contributed by atoms with van der Waals surface area (Å²) in [7, 11) is 0. The fourth-order valence-electron chi connectivity index (χ4n) is 4.40. The summed E-state index contributed by atoms with van der Waals surface area (Å²) >= 11 is 0. The Morgan fingerprint density at radius 2 is 1.85 bits per heavy atom. The molecule has 1 aromatic rings. The van der Waals surface area contributed by atoms with Crippen LogP contribution in [0.3, 0.4) is 0 Å². The minimum Gasteiger partial charge on any atom is -0.481 e. The van der Waals surface area contributed by atoms with Crippen LogP contribution in [0, 0.1) is 11.8 Å². The second-order valence-corrected chi connectivity index (χ2v) is 7.68. The van der Waals surface area contributed by atoms with Gasteiger partial charge in [0.05, 0.1) is 5.92 Å². The zero-order valence-electron chi connectivity index (χ0n) is 15.8. The molecule has 3 atom stereocenters. The Bertz CT molecular complexity index is 718. The van der Waals surface area contributed by atoms with Crippen LogP contribution in [0.2, 0.25) is 0 Å². The maximum Gasteiger partial charge on any atom is 0.303 e. The highest BCUT2D eigenvalue weighted by molar-refractivity contribution is 6.00. The molecular weight excluding hydrogens is 344 g/mol. The number of aliphatic carboxylic acids is 1. The number of amides is 2. The number of carbonyl (C=O) groups excluding carboxylic acids is 2. The van der Waals surface area contributed by atoms with Gasteiger partial charge in [-0.1, -0.05) is 31.0 Å². The van der Waals surface area contributed by atoms with Crippen LogP contribution in [-0.2, 0) is 20.8 Å². The van der Waals surface area contributed by atoms with Gasteiger partial charge in [-0.25, -0.2) is 0 Å². The summed E-state index contributed by atoms with van der Waals surface area (Å²) in [6.07, 6.45) is 4.65. The van der Waals surface area contributed by atoms with Crippen LogP contribution in [0.1, 0.15) is 51.0 Å². The number of para-hydroxylation sites is 1. The molecule has 0 saturated heterocycles. The highest BCUT2D eigenvalue weighted by Gasteiger charge is 2.41. The van der Waals surface area contributed by atoms with E-state index in [1.807, 2.05) is 23.1 Å². The topological polar surface area (TPSA) is 86.7 Å². The molecule has 146 valence electrons. The van der Waals surface area contributed by atoms with E-state index in [9.17, 15) is 14.4 Å². The van der Waals surface area contributed by atoms with Gasteiger partial charge in [-0.05, 0) is 44.2 Å². The van der Waals surface area contributed by atoms with Crippen LogP contribution in [-0.4, -0.2) is 35.5 Å². The summed E-state index contributed by atoms with van der Waals surface area (Å²) in [5.74, 6) is -1.55. The third kappa shape index (κ3) is 4.31. The van der Waals surface area contributed by atoms with Gasteiger partial charge in [0.2, 0.25) is 11.8 Å². The van der Waals surface area contributed by atoms with E-state index in [1.54, 1.807) is 0 Å². The minimum atomic E-state index is -0.864.